The Morgan fingerprint density at radius 2 is 1.49 bits per heavy atom. The fourth-order valence-electron chi connectivity index (χ4n) is 3.78. The minimum absolute atomic E-state index is 0.0390. The van der Waals surface area contributed by atoms with Crippen molar-refractivity contribution in [3.63, 3.8) is 0 Å². The number of carbonyl (C=O) groups excluding carboxylic acids is 1. The average Bonchev–Trinajstić information content (AvgIpc) is 2.81. The Morgan fingerprint density at radius 1 is 0.973 bits per heavy atom. The molecular formula is C21H28F6N4O6. The van der Waals surface area contributed by atoms with Crippen LogP contribution in [-0.2, 0) is 20.9 Å². The summed E-state index contributed by atoms with van der Waals surface area (Å²) in [5.41, 5.74) is 0.697. The number of amides is 1. The van der Waals surface area contributed by atoms with Gasteiger partial charge in [0.05, 0.1) is 12.3 Å². The number of pyridine rings is 1. The van der Waals surface area contributed by atoms with Crippen molar-refractivity contribution < 1.29 is 56.0 Å². The second kappa shape index (κ2) is 13.5. The molecule has 3 rings (SSSR count). The van der Waals surface area contributed by atoms with Crippen molar-refractivity contribution in [2.75, 3.05) is 46.4 Å². The van der Waals surface area contributed by atoms with Gasteiger partial charge >= 0.3 is 24.3 Å². The molecular weight excluding hydrogens is 518 g/mol. The highest BCUT2D eigenvalue weighted by Crippen LogP contribution is 2.33. The number of likely N-dealkylation sites (tertiary alicyclic amines) is 1. The smallest absolute Gasteiger partial charge is 0.475 e. The number of carbonyl (C=O) groups is 3. The predicted molar refractivity (Wildman–Crippen MR) is 115 cm³/mol. The maximum absolute atomic E-state index is 12.9. The van der Waals surface area contributed by atoms with Gasteiger partial charge < -0.3 is 20.2 Å². The van der Waals surface area contributed by atoms with Crippen LogP contribution in [0, 0.1) is 0 Å². The summed E-state index contributed by atoms with van der Waals surface area (Å²) >= 11 is 0. The number of aliphatic hydroxyl groups is 1. The van der Waals surface area contributed by atoms with Gasteiger partial charge in [0.1, 0.15) is 5.54 Å². The average molecular weight is 546 g/mol. The van der Waals surface area contributed by atoms with E-state index in [4.69, 9.17) is 19.8 Å². The van der Waals surface area contributed by atoms with Crippen LogP contribution in [0.15, 0.2) is 24.4 Å². The molecule has 1 aromatic heterocycles. The van der Waals surface area contributed by atoms with Crippen LogP contribution in [0.25, 0.3) is 0 Å². The SMILES string of the molecule is CN1CCN(CCO)C(=O)C12CCN(Cc1ccccn1)CC2.O=C(O)C(F)(F)F.O=C(O)C(F)(F)F. The number of aliphatic carboxylic acids is 2. The second-order valence-corrected chi connectivity index (χ2v) is 8.17. The van der Waals surface area contributed by atoms with Crippen LogP contribution in [0.2, 0.25) is 0 Å². The number of aromatic nitrogens is 1. The number of carboxylic acid groups (broad SMARTS) is 2. The Morgan fingerprint density at radius 3 is 1.89 bits per heavy atom. The first kappa shape index (κ1) is 32.0. The number of β-amino-alcohol motifs (C(OH)–C–C–N with tert-alkyl or cyclic N) is 1. The summed E-state index contributed by atoms with van der Waals surface area (Å²) < 4.78 is 63.5. The van der Waals surface area contributed by atoms with Crippen molar-refractivity contribution in [1.29, 1.82) is 0 Å². The van der Waals surface area contributed by atoms with E-state index in [1.54, 1.807) is 0 Å². The Labute approximate surface area is 208 Å². The van der Waals surface area contributed by atoms with Crippen LogP contribution in [0.4, 0.5) is 26.3 Å². The zero-order valence-corrected chi connectivity index (χ0v) is 19.8. The minimum Gasteiger partial charge on any atom is -0.475 e. The minimum atomic E-state index is -5.08. The third-order valence-electron chi connectivity index (χ3n) is 5.77. The Kier molecular flexibility index (Phi) is 11.7. The fourth-order valence-corrected chi connectivity index (χ4v) is 3.78. The molecule has 2 aliphatic rings. The molecule has 2 aliphatic heterocycles. The highest BCUT2D eigenvalue weighted by atomic mass is 19.4. The van der Waals surface area contributed by atoms with Gasteiger partial charge in [0, 0.05) is 45.5 Å². The van der Waals surface area contributed by atoms with Crippen LogP contribution >= 0.6 is 0 Å². The van der Waals surface area contributed by atoms with Gasteiger partial charge in [-0.05, 0) is 32.0 Å². The summed E-state index contributed by atoms with van der Waals surface area (Å²) in [6, 6.07) is 5.99. The standard InChI is InChI=1S/C17H26N4O2.2C2HF3O2/c1-19-10-11-21(12-13-22)16(23)17(19)5-8-20(9-6-17)14-15-4-2-3-7-18-15;2*3-2(4,5)1(6)7/h2-4,7,22H,5-6,8-14H2,1H3;2*(H,6,7). The zero-order valence-electron chi connectivity index (χ0n) is 19.8. The van der Waals surface area contributed by atoms with Gasteiger partial charge in [-0.1, -0.05) is 6.07 Å². The Balaban J connectivity index is 0.000000404. The van der Waals surface area contributed by atoms with E-state index in [0.29, 0.717) is 6.54 Å². The number of piperidine rings is 1. The summed E-state index contributed by atoms with van der Waals surface area (Å²) in [5.74, 6) is -5.32. The van der Waals surface area contributed by atoms with Crippen molar-refractivity contribution >= 4 is 17.8 Å². The molecule has 3 N–H and O–H groups in total. The number of carboxylic acids is 2. The van der Waals surface area contributed by atoms with Gasteiger partial charge in [-0.2, -0.15) is 26.3 Å². The van der Waals surface area contributed by atoms with Crippen molar-refractivity contribution in [3.05, 3.63) is 30.1 Å². The van der Waals surface area contributed by atoms with Gasteiger partial charge in [0.2, 0.25) is 5.91 Å². The topological polar surface area (TPSA) is 135 Å². The van der Waals surface area contributed by atoms with E-state index in [0.717, 1.165) is 51.3 Å². The first-order valence-electron chi connectivity index (χ1n) is 10.9. The molecule has 37 heavy (non-hydrogen) atoms. The molecule has 0 aromatic carbocycles. The lowest BCUT2D eigenvalue weighted by molar-refractivity contribution is -0.193. The molecule has 1 aromatic rings. The fraction of sp³-hybridized carbons (Fsp3) is 0.619. The highest BCUT2D eigenvalue weighted by molar-refractivity contribution is 5.87. The first-order chi connectivity index (χ1) is 17.0. The van der Waals surface area contributed by atoms with E-state index in [1.165, 1.54) is 0 Å². The molecule has 0 bridgehead atoms. The quantitative estimate of drug-likeness (QED) is 0.480. The molecule has 2 fully saturated rings. The van der Waals surface area contributed by atoms with E-state index in [9.17, 15) is 36.2 Å². The number of halogens is 6. The van der Waals surface area contributed by atoms with E-state index in [2.05, 4.69) is 21.8 Å². The van der Waals surface area contributed by atoms with Crippen molar-refractivity contribution in [3.8, 4) is 0 Å². The lowest BCUT2D eigenvalue weighted by Crippen LogP contribution is -2.67. The molecule has 10 nitrogen and oxygen atoms in total. The van der Waals surface area contributed by atoms with E-state index in [1.807, 2.05) is 29.3 Å². The van der Waals surface area contributed by atoms with Crippen LogP contribution in [0.5, 0.6) is 0 Å². The zero-order chi connectivity index (χ0) is 28.4. The highest BCUT2D eigenvalue weighted by Gasteiger charge is 2.49. The van der Waals surface area contributed by atoms with Crippen molar-refractivity contribution in [1.82, 2.24) is 19.7 Å². The van der Waals surface area contributed by atoms with Gasteiger partial charge in [0.15, 0.2) is 0 Å². The molecule has 0 radical (unpaired) electrons. The number of aliphatic hydroxyl groups excluding tert-OH is 1. The van der Waals surface area contributed by atoms with Gasteiger partial charge in [-0.15, -0.1) is 0 Å². The normalized spacial score (nSPS) is 18.4. The number of piperazine rings is 1. The molecule has 0 saturated carbocycles. The summed E-state index contributed by atoms with van der Waals surface area (Å²) in [6.07, 6.45) is -6.65. The maximum Gasteiger partial charge on any atom is 0.490 e. The molecule has 0 unspecified atom stereocenters. The Hall–Kier alpha value is -2.98. The van der Waals surface area contributed by atoms with Crippen LogP contribution in [0.3, 0.4) is 0 Å². The van der Waals surface area contributed by atoms with Crippen LogP contribution < -0.4 is 0 Å². The largest absolute Gasteiger partial charge is 0.490 e. The summed E-state index contributed by atoms with van der Waals surface area (Å²) in [6.45, 7) is 4.74. The van der Waals surface area contributed by atoms with Gasteiger partial charge in [-0.3, -0.25) is 19.6 Å². The monoisotopic (exact) mass is 546 g/mol. The number of hydrogen-bond acceptors (Lipinski definition) is 7. The van der Waals surface area contributed by atoms with Gasteiger partial charge in [-0.25, -0.2) is 9.59 Å². The van der Waals surface area contributed by atoms with Crippen molar-refractivity contribution in [2.45, 2.75) is 37.3 Å². The summed E-state index contributed by atoms with van der Waals surface area (Å²) in [5, 5.41) is 23.4. The number of rotatable bonds is 4. The molecule has 0 atom stereocenters. The molecule has 210 valence electrons. The Bertz CT molecular complexity index is 868. The predicted octanol–water partition coefficient (Wildman–Crippen LogP) is 1.45. The van der Waals surface area contributed by atoms with Crippen molar-refractivity contribution in [2.24, 2.45) is 0 Å². The molecule has 16 heteroatoms. The van der Waals surface area contributed by atoms with Gasteiger partial charge in [0.25, 0.3) is 0 Å². The third-order valence-corrected chi connectivity index (χ3v) is 5.77. The van der Waals surface area contributed by atoms with Crippen LogP contribution in [0.1, 0.15) is 18.5 Å². The summed E-state index contributed by atoms with van der Waals surface area (Å²) in [7, 11) is 2.06. The van der Waals surface area contributed by atoms with Crippen LogP contribution in [-0.4, -0.2) is 117 Å². The lowest BCUT2D eigenvalue weighted by Gasteiger charge is -2.51. The van der Waals surface area contributed by atoms with E-state index in [-0.39, 0.29) is 18.1 Å². The molecule has 1 spiro atoms. The van der Waals surface area contributed by atoms with E-state index >= 15 is 0 Å². The first-order valence-corrected chi connectivity index (χ1v) is 10.9. The molecule has 1 amide bonds. The number of alkyl halides is 6. The number of hydrogen-bond donors (Lipinski definition) is 3. The number of nitrogens with zero attached hydrogens (tertiary/aromatic N) is 4. The molecule has 2 saturated heterocycles. The maximum atomic E-state index is 12.9. The summed E-state index contributed by atoms with van der Waals surface area (Å²) in [4.78, 5) is 41.5. The number of likely N-dealkylation sites (N-methyl/N-ethyl adjacent to an activating group) is 1. The van der Waals surface area contributed by atoms with E-state index < -0.39 is 24.3 Å². The molecule has 0 aliphatic carbocycles. The lowest BCUT2D eigenvalue weighted by atomic mass is 9.82. The molecule has 3 heterocycles. The second-order valence-electron chi connectivity index (χ2n) is 8.17. The third kappa shape index (κ3) is 9.77.